The number of aliphatic hydroxyl groups is 1. The van der Waals surface area contributed by atoms with Crippen molar-refractivity contribution in [3.05, 3.63) is 55.5 Å². The smallest absolute Gasteiger partial charge is 0.390 e. The van der Waals surface area contributed by atoms with Crippen LogP contribution in [-0.4, -0.2) is 91.6 Å². The van der Waals surface area contributed by atoms with Crippen LogP contribution in [0.15, 0.2) is 50.0 Å². The van der Waals surface area contributed by atoms with Crippen LogP contribution in [-0.2, 0) is 18.6 Å². The lowest BCUT2D eigenvalue weighted by atomic mass is 10.2. The maximum absolute atomic E-state index is 12.5. The van der Waals surface area contributed by atoms with Gasteiger partial charge in [0, 0.05) is 49.7 Å². The number of aromatic amines is 1. The molecular formula is C24H27N12O6P. The van der Waals surface area contributed by atoms with Gasteiger partial charge in [-0.1, -0.05) is 0 Å². The number of nitrogen functional groups attached to an aromatic ring is 1. The zero-order chi connectivity index (χ0) is 30.0. The largest absolute Gasteiger partial charge is 0.437 e. The van der Waals surface area contributed by atoms with Crippen LogP contribution in [0.25, 0.3) is 28.3 Å². The van der Waals surface area contributed by atoms with Crippen molar-refractivity contribution in [1.29, 1.82) is 0 Å². The number of imidazole rings is 2. The summed E-state index contributed by atoms with van der Waals surface area (Å²) in [6, 6.07) is 0. The zero-order valence-electron chi connectivity index (χ0n) is 22.4. The summed E-state index contributed by atoms with van der Waals surface area (Å²) in [5.41, 5.74) is 8.35. The van der Waals surface area contributed by atoms with Crippen molar-refractivity contribution < 1.29 is 28.6 Å². The molecule has 5 aromatic heterocycles. The van der Waals surface area contributed by atoms with Crippen molar-refractivity contribution in [2.45, 2.75) is 24.9 Å². The summed E-state index contributed by atoms with van der Waals surface area (Å²) < 4.78 is 26.3. The van der Waals surface area contributed by atoms with E-state index in [2.05, 4.69) is 45.5 Å². The number of amides is 1. The Kier molecular flexibility index (Phi) is 7.83. The van der Waals surface area contributed by atoms with E-state index in [1.54, 1.807) is 16.8 Å². The van der Waals surface area contributed by atoms with E-state index in [9.17, 15) is 19.4 Å². The molecule has 0 aliphatic carbocycles. The number of hydrogen-bond donors (Lipinski definition) is 6. The number of anilines is 2. The lowest BCUT2D eigenvalue weighted by molar-refractivity contribution is -0.116. The van der Waals surface area contributed by atoms with Gasteiger partial charge in [0.1, 0.15) is 48.3 Å². The number of nitrogens with one attached hydrogen (secondary N) is 3. The maximum atomic E-state index is 12.5. The van der Waals surface area contributed by atoms with Crippen LogP contribution >= 0.6 is 7.75 Å². The van der Waals surface area contributed by atoms with Crippen molar-refractivity contribution >= 4 is 53.6 Å². The molecule has 6 rings (SSSR count). The predicted molar refractivity (Wildman–Crippen MR) is 152 cm³/mol. The van der Waals surface area contributed by atoms with Crippen molar-refractivity contribution in [1.82, 2.24) is 49.1 Å². The molecule has 43 heavy (non-hydrogen) atoms. The van der Waals surface area contributed by atoms with E-state index in [1.165, 1.54) is 37.5 Å². The lowest BCUT2D eigenvalue weighted by Gasteiger charge is -2.18. The third kappa shape index (κ3) is 5.95. The molecule has 7 N–H and O–H groups in total. The summed E-state index contributed by atoms with van der Waals surface area (Å²) in [5.74, 6) is 0.403. The highest BCUT2D eigenvalue weighted by molar-refractivity contribution is 7.51. The van der Waals surface area contributed by atoms with E-state index in [4.69, 9.17) is 15.0 Å². The molecule has 224 valence electrons. The predicted octanol–water partition coefficient (Wildman–Crippen LogP) is 0.432. The molecule has 0 radical (unpaired) electrons. The molecule has 1 aliphatic heterocycles. The summed E-state index contributed by atoms with van der Waals surface area (Å²) in [6.45, 7) is 0.370. The SMILES string of the molecule is Nc1ncnc2c1c(/C=C/C(=O)NCCNc1ncnc3[nH]cnc13)cn2[C@H]1C[C@@H](O)[C@@H](COP(=O)(O)n2ccnc2)O1. The first kappa shape index (κ1) is 28.4. The van der Waals surface area contributed by atoms with Gasteiger partial charge in [-0.2, -0.15) is 0 Å². The molecular weight excluding hydrogens is 583 g/mol. The number of aromatic nitrogens is 9. The minimum Gasteiger partial charge on any atom is -0.390 e. The Labute approximate surface area is 242 Å². The Hall–Kier alpha value is -4.74. The molecule has 0 bridgehead atoms. The maximum Gasteiger partial charge on any atom is 0.437 e. The van der Waals surface area contributed by atoms with Gasteiger partial charge >= 0.3 is 7.75 Å². The Balaban J connectivity index is 1.10. The molecule has 1 saturated heterocycles. The van der Waals surface area contributed by atoms with Gasteiger partial charge in [0.15, 0.2) is 11.5 Å². The summed E-state index contributed by atoms with van der Waals surface area (Å²) in [6.07, 6.45) is 10.3. The Bertz CT molecular complexity index is 1820. The third-order valence-corrected chi connectivity index (χ3v) is 8.03. The van der Waals surface area contributed by atoms with Gasteiger partial charge in [0.05, 0.1) is 24.4 Å². The third-order valence-electron chi connectivity index (χ3n) is 6.72. The summed E-state index contributed by atoms with van der Waals surface area (Å²) in [4.78, 5) is 50.2. The van der Waals surface area contributed by atoms with Gasteiger partial charge in [-0.15, -0.1) is 0 Å². The molecule has 1 amide bonds. The average Bonchev–Trinajstić information content (AvgIpc) is 3.80. The lowest BCUT2D eigenvalue weighted by Crippen LogP contribution is -2.27. The van der Waals surface area contributed by atoms with E-state index in [-0.39, 0.29) is 24.8 Å². The van der Waals surface area contributed by atoms with Gasteiger partial charge in [-0.3, -0.25) is 9.32 Å². The second-order valence-corrected chi connectivity index (χ2v) is 11.2. The molecule has 0 spiro atoms. The van der Waals surface area contributed by atoms with E-state index >= 15 is 0 Å². The van der Waals surface area contributed by atoms with E-state index < -0.39 is 26.2 Å². The highest BCUT2D eigenvalue weighted by Crippen LogP contribution is 2.44. The molecule has 1 fully saturated rings. The molecule has 1 unspecified atom stereocenters. The topological polar surface area (TPSA) is 246 Å². The van der Waals surface area contributed by atoms with Crippen LogP contribution in [0.1, 0.15) is 18.2 Å². The van der Waals surface area contributed by atoms with Crippen LogP contribution in [0.2, 0.25) is 0 Å². The van der Waals surface area contributed by atoms with Crippen LogP contribution in [0, 0.1) is 0 Å². The summed E-state index contributed by atoms with van der Waals surface area (Å²) in [7, 11) is -4.20. The average molecular weight is 611 g/mol. The monoisotopic (exact) mass is 610 g/mol. The molecule has 5 aromatic rings. The zero-order valence-corrected chi connectivity index (χ0v) is 23.3. The van der Waals surface area contributed by atoms with Crippen LogP contribution < -0.4 is 16.4 Å². The van der Waals surface area contributed by atoms with Crippen molar-refractivity contribution in [2.24, 2.45) is 0 Å². The fourth-order valence-electron chi connectivity index (χ4n) is 4.64. The van der Waals surface area contributed by atoms with Crippen LogP contribution in [0.4, 0.5) is 11.6 Å². The Morgan fingerprint density at radius 3 is 2.95 bits per heavy atom. The number of rotatable bonds is 11. The summed E-state index contributed by atoms with van der Waals surface area (Å²) >= 11 is 0. The molecule has 0 saturated carbocycles. The van der Waals surface area contributed by atoms with E-state index in [0.29, 0.717) is 46.7 Å². The fourth-order valence-corrected chi connectivity index (χ4v) is 5.54. The quantitative estimate of drug-likeness (QED) is 0.0675. The number of carbonyl (C=O) groups is 1. The highest BCUT2D eigenvalue weighted by Gasteiger charge is 2.38. The first-order valence-electron chi connectivity index (χ1n) is 13.0. The normalized spacial score (nSPS) is 20.2. The number of fused-ring (bicyclic) bond motifs is 2. The minimum atomic E-state index is -4.20. The van der Waals surface area contributed by atoms with Gasteiger partial charge < -0.3 is 40.7 Å². The highest BCUT2D eigenvalue weighted by atomic mass is 31.2. The van der Waals surface area contributed by atoms with Crippen LogP contribution in [0.5, 0.6) is 0 Å². The Morgan fingerprint density at radius 1 is 1.26 bits per heavy atom. The number of hydrogen-bond acceptors (Lipinski definition) is 13. The van der Waals surface area contributed by atoms with E-state index in [1.807, 2.05) is 0 Å². The van der Waals surface area contributed by atoms with Crippen LogP contribution in [0.3, 0.4) is 0 Å². The van der Waals surface area contributed by atoms with Gasteiger partial charge in [-0.05, 0) is 6.08 Å². The molecule has 19 heteroatoms. The molecule has 18 nitrogen and oxygen atoms in total. The summed E-state index contributed by atoms with van der Waals surface area (Å²) in [5, 5.41) is 17.0. The molecule has 1 aliphatic rings. The number of nitrogens with two attached hydrogens (primary N) is 1. The Morgan fingerprint density at radius 2 is 2.12 bits per heavy atom. The first-order valence-corrected chi connectivity index (χ1v) is 14.6. The standard InChI is InChI=1S/C24H27N12O6P/c25-21-19-14(1-2-17(38)27-3-4-28-22-20-23(31-10-29-20)33-12-32-22)8-36(24(19)34-11-30-21)18-7-15(37)16(42-18)9-41-43(39,40)35-6-5-26-13-35/h1-2,5-6,8,10-13,15-16,18,37H,3-4,7,9H2,(H,27,38)(H,39,40)(H2,25,30,34)(H2,28,29,31,32,33)/b2-1+/t15-,16-,18-/m1/s1. The van der Waals surface area contributed by atoms with Crippen molar-refractivity contribution in [3.8, 4) is 0 Å². The number of H-pyrrole nitrogens is 1. The van der Waals surface area contributed by atoms with Gasteiger partial charge in [0.2, 0.25) is 5.91 Å². The number of carbonyl (C=O) groups excluding carboxylic acids is 1. The van der Waals surface area contributed by atoms with Gasteiger partial charge in [0.25, 0.3) is 0 Å². The molecule has 4 atom stereocenters. The minimum absolute atomic E-state index is 0.149. The second-order valence-electron chi connectivity index (χ2n) is 9.48. The van der Waals surface area contributed by atoms with E-state index in [0.717, 1.165) is 10.7 Å². The fraction of sp³-hybridized carbons (Fsp3) is 0.292. The second kappa shape index (κ2) is 11.9. The molecule has 0 aromatic carbocycles. The number of nitrogens with zero attached hydrogens (tertiary/aromatic N) is 8. The van der Waals surface area contributed by atoms with Gasteiger partial charge in [-0.25, -0.2) is 38.8 Å². The number of aliphatic hydroxyl groups excluding tert-OH is 1. The number of ether oxygens (including phenoxy) is 1. The first-order chi connectivity index (χ1) is 20.8. The van der Waals surface area contributed by atoms with Crippen molar-refractivity contribution in [2.75, 3.05) is 30.7 Å². The molecule has 6 heterocycles. The van der Waals surface area contributed by atoms with Crippen molar-refractivity contribution in [3.63, 3.8) is 0 Å².